The van der Waals surface area contributed by atoms with Crippen LogP contribution in [-0.4, -0.2) is 17.5 Å². The average molecular weight is 349 g/mol. The Bertz CT molecular complexity index is 405. The molecule has 0 spiro atoms. The Morgan fingerprint density at radius 2 is 2.11 bits per heavy atom. The molecule has 1 aliphatic rings. The van der Waals surface area contributed by atoms with Crippen molar-refractivity contribution in [2.24, 2.45) is 0 Å². The molecule has 0 amide bonds. The molecule has 0 heterocycles. The smallest absolute Gasteiger partial charge is 0.0462 e. The van der Waals surface area contributed by atoms with Gasteiger partial charge in [-0.25, -0.2) is 0 Å². The molecule has 1 fully saturated rings. The van der Waals surface area contributed by atoms with Crippen LogP contribution in [0.5, 0.6) is 0 Å². The second-order valence-electron chi connectivity index (χ2n) is 4.93. The highest BCUT2D eigenvalue weighted by Gasteiger charge is 2.32. The SMILES string of the molecule is CSC1(CNCc2ccc(Br)cc2Cl)CCCC1. The number of benzene rings is 1. The number of hydrogen-bond donors (Lipinski definition) is 1. The molecule has 0 unspecified atom stereocenters. The topological polar surface area (TPSA) is 12.0 Å². The first-order chi connectivity index (χ1) is 8.65. The standard InChI is InChI=1S/C14H19BrClNS/c1-18-14(6-2-3-7-14)10-17-9-11-4-5-12(15)8-13(11)16/h4-5,8,17H,2-3,6-7,9-10H2,1H3. The van der Waals surface area contributed by atoms with Crippen LogP contribution in [0.15, 0.2) is 22.7 Å². The lowest BCUT2D eigenvalue weighted by Gasteiger charge is -2.27. The third-order valence-electron chi connectivity index (χ3n) is 3.73. The molecular formula is C14H19BrClNS. The molecule has 0 atom stereocenters. The van der Waals surface area contributed by atoms with Gasteiger partial charge in [-0.15, -0.1) is 0 Å². The van der Waals surface area contributed by atoms with Gasteiger partial charge in [0, 0.05) is 27.3 Å². The first kappa shape index (κ1) is 14.7. The van der Waals surface area contributed by atoms with Crippen LogP contribution in [0.3, 0.4) is 0 Å². The Morgan fingerprint density at radius 1 is 1.39 bits per heavy atom. The lowest BCUT2D eigenvalue weighted by atomic mass is 10.1. The van der Waals surface area contributed by atoms with Crippen molar-refractivity contribution < 1.29 is 0 Å². The summed E-state index contributed by atoms with van der Waals surface area (Å²) in [5.74, 6) is 0. The second kappa shape index (κ2) is 6.65. The summed E-state index contributed by atoms with van der Waals surface area (Å²) in [5, 5.41) is 4.41. The van der Waals surface area contributed by atoms with Crippen LogP contribution >= 0.6 is 39.3 Å². The van der Waals surface area contributed by atoms with Gasteiger partial charge in [-0.3, -0.25) is 0 Å². The summed E-state index contributed by atoms with van der Waals surface area (Å²) in [6.45, 7) is 1.94. The molecule has 18 heavy (non-hydrogen) atoms. The summed E-state index contributed by atoms with van der Waals surface area (Å²) < 4.78 is 1.49. The van der Waals surface area contributed by atoms with Crippen LogP contribution in [-0.2, 0) is 6.54 Å². The summed E-state index contributed by atoms with van der Waals surface area (Å²) in [7, 11) is 0. The predicted octanol–water partition coefficient (Wildman–Crippen LogP) is 4.87. The van der Waals surface area contributed by atoms with Crippen molar-refractivity contribution in [1.82, 2.24) is 5.32 Å². The van der Waals surface area contributed by atoms with E-state index in [1.807, 2.05) is 23.9 Å². The van der Waals surface area contributed by atoms with Gasteiger partial charge < -0.3 is 5.32 Å². The van der Waals surface area contributed by atoms with Gasteiger partial charge in [-0.2, -0.15) is 11.8 Å². The van der Waals surface area contributed by atoms with E-state index >= 15 is 0 Å². The number of halogens is 2. The molecule has 1 aromatic carbocycles. The van der Waals surface area contributed by atoms with E-state index in [0.717, 1.165) is 22.6 Å². The van der Waals surface area contributed by atoms with E-state index in [1.54, 1.807) is 0 Å². The summed E-state index contributed by atoms with van der Waals surface area (Å²) >= 11 is 11.7. The lowest BCUT2D eigenvalue weighted by molar-refractivity contribution is 0.534. The molecule has 1 saturated carbocycles. The summed E-state index contributed by atoms with van der Waals surface area (Å²) in [4.78, 5) is 0. The molecule has 1 nitrogen and oxygen atoms in total. The van der Waals surface area contributed by atoms with Crippen molar-refractivity contribution in [2.45, 2.75) is 37.0 Å². The summed E-state index contributed by atoms with van der Waals surface area (Å²) in [6.07, 6.45) is 7.67. The molecule has 0 aliphatic heterocycles. The summed E-state index contributed by atoms with van der Waals surface area (Å²) in [5.41, 5.74) is 1.18. The minimum atomic E-state index is 0.460. The zero-order valence-corrected chi connectivity index (χ0v) is 13.8. The fourth-order valence-corrected chi connectivity index (χ4v) is 4.25. The molecule has 0 saturated heterocycles. The number of rotatable bonds is 5. The van der Waals surface area contributed by atoms with E-state index in [1.165, 1.54) is 31.2 Å². The predicted molar refractivity (Wildman–Crippen MR) is 85.6 cm³/mol. The fourth-order valence-electron chi connectivity index (χ4n) is 2.56. The Balaban J connectivity index is 1.88. The van der Waals surface area contributed by atoms with Gasteiger partial charge in [0.2, 0.25) is 0 Å². The van der Waals surface area contributed by atoms with Crippen molar-refractivity contribution in [1.29, 1.82) is 0 Å². The zero-order valence-electron chi connectivity index (χ0n) is 10.6. The van der Waals surface area contributed by atoms with Gasteiger partial charge in [0.1, 0.15) is 0 Å². The molecule has 0 radical (unpaired) electrons. The van der Waals surface area contributed by atoms with Crippen LogP contribution in [0.25, 0.3) is 0 Å². The highest BCUT2D eigenvalue weighted by Crippen LogP contribution is 2.39. The minimum absolute atomic E-state index is 0.460. The number of nitrogens with one attached hydrogen (secondary N) is 1. The first-order valence-corrected chi connectivity index (χ1v) is 8.75. The molecule has 4 heteroatoms. The van der Waals surface area contributed by atoms with Crippen LogP contribution in [0.1, 0.15) is 31.2 Å². The van der Waals surface area contributed by atoms with Gasteiger partial charge in [-0.05, 0) is 36.8 Å². The third kappa shape index (κ3) is 3.66. The number of thioether (sulfide) groups is 1. The largest absolute Gasteiger partial charge is 0.311 e. The van der Waals surface area contributed by atoms with E-state index in [9.17, 15) is 0 Å². The quantitative estimate of drug-likeness (QED) is 0.815. The lowest BCUT2D eigenvalue weighted by Crippen LogP contribution is -2.34. The normalized spacial score (nSPS) is 18.2. The van der Waals surface area contributed by atoms with Crippen LogP contribution in [0, 0.1) is 0 Å². The third-order valence-corrected chi connectivity index (χ3v) is 5.99. The first-order valence-electron chi connectivity index (χ1n) is 6.35. The van der Waals surface area contributed by atoms with Gasteiger partial charge in [0.05, 0.1) is 0 Å². The second-order valence-corrected chi connectivity index (χ2v) is 7.53. The Hall–Kier alpha value is 0.300. The highest BCUT2D eigenvalue weighted by atomic mass is 79.9. The van der Waals surface area contributed by atoms with Gasteiger partial charge in [0.25, 0.3) is 0 Å². The maximum atomic E-state index is 6.22. The Morgan fingerprint density at radius 3 is 2.72 bits per heavy atom. The number of hydrogen-bond acceptors (Lipinski definition) is 2. The molecule has 0 aromatic heterocycles. The van der Waals surface area contributed by atoms with E-state index in [4.69, 9.17) is 11.6 Å². The van der Waals surface area contributed by atoms with Crippen molar-refractivity contribution in [3.05, 3.63) is 33.3 Å². The molecule has 1 aliphatic carbocycles. The fraction of sp³-hybridized carbons (Fsp3) is 0.571. The van der Waals surface area contributed by atoms with Crippen molar-refractivity contribution in [3.63, 3.8) is 0 Å². The molecular weight excluding hydrogens is 330 g/mol. The Kier molecular flexibility index (Phi) is 5.43. The van der Waals surface area contributed by atoms with Crippen LogP contribution in [0.2, 0.25) is 5.02 Å². The van der Waals surface area contributed by atoms with Crippen LogP contribution in [0.4, 0.5) is 0 Å². The molecule has 0 bridgehead atoms. The minimum Gasteiger partial charge on any atom is -0.311 e. The zero-order chi connectivity index (χ0) is 13.0. The molecule has 2 rings (SSSR count). The Labute approximate surface area is 127 Å². The van der Waals surface area contributed by atoms with Gasteiger partial charge >= 0.3 is 0 Å². The van der Waals surface area contributed by atoms with Crippen LogP contribution < -0.4 is 5.32 Å². The maximum Gasteiger partial charge on any atom is 0.0462 e. The maximum absolute atomic E-state index is 6.22. The van der Waals surface area contributed by atoms with Gasteiger partial charge in [0.15, 0.2) is 0 Å². The van der Waals surface area contributed by atoms with Crippen molar-refractivity contribution >= 4 is 39.3 Å². The van der Waals surface area contributed by atoms with Crippen molar-refractivity contribution in [2.75, 3.05) is 12.8 Å². The van der Waals surface area contributed by atoms with E-state index in [0.29, 0.717) is 4.75 Å². The average Bonchev–Trinajstić information content (AvgIpc) is 2.81. The van der Waals surface area contributed by atoms with Gasteiger partial charge in [-0.1, -0.05) is 46.4 Å². The van der Waals surface area contributed by atoms with E-state index < -0.39 is 0 Å². The molecule has 100 valence electrons. The monoisotopic (exact) mass is 347 g/mol. The highest BCUT2D eigenvalue weighted by molar-refractivity contribution is 9.10. The molecule has 1 aromatic rings. The van der Waals surface area contributed by atoms with Crippen molar-refractivity contribution in [3.8, 4) is 0 Å². The summed E-state index contributed by atoms with van der Waals surface area (Å²) in [6, 6.07) is 6.08. The van der Waals surface area contributed by atoms with E-state index in [2.05, 4.69) is 33.6 Å². The van der Waals surface area contributed by atoms with E-state index in [-0.39, 0.29) is 0 Å². The molecule has 1 N–H and O–H groups in total.